The SMILES string of the molecule is C=C/C=C\C(=C/C)Nc1nccc(N)n1. The van der Waals surface area contributed by atoms with E-state index < -0.39 is 0 Å². The third kappa shape index (κ3) is 3.64. The first-order valence-electron chi connectivity index (χ1n) is 4.57. The monoisotopic (exact) mass is 202 g/mol. The number of nitrogens with one attached hydrogen (secondary N) is 1. The molecule has 0 aliphatic carbocycles. The van der Waals surface area contributed by atoms with Crippen LogP contribution in [0.15, 0.2) is 48.8 Å². The zero-order valence-electron chi connectivity index (χ0n) is 8.64. The summed E-state index contributed by atoms with van der Waals surface area (Å²) in [5.41, 5.74) is 6.42. The molecule has 0 aliphatic rings. The Labute approximate surface area is 89.2 Å². The fourth-order valence-electron chi connectivity index (χ4n) is 0.944. The summed E-state index contributed by atoms with van der Waals surface area (Å²) in [5, 5.41) is 3.03. The molecule has 0 bridgehead atoms. The highest BCUT2D eigenvalue weighted by Gasteiger charge is 1.96. The quantitative estimate of drug-likeness (QED) is 0.734. The summed E-state index contributed by atoms with van der Waals surface area (Å²) >= 11 is 0. The predicted molar refractivity (Wildman–Crippen MR) is 63.2 cm³/mol. The third-order valence-electron chi connectivity index (χ3n) is 1.66. The smallest absolute Gasteiger partial charge is 0.229 e. The third-order valence-corrected chi connectivity index (χ3v) is 1.66. The number of nitrogens with zero attached hydrogens (tertiary/aromatic N) is 2. The molecule has 0 amide bonds. The van der Waals surface area contributed by atoms with Crippen LogP contribution >= 0.6 is 0 Å². The van der Waals surface area contributed by atoms with Gasteiger partial charge in [0.05, 0.1) is 0 Å². The van der Waals surface area contributed by atoms with E-state index in [0.717, 1.165) is 5.70 Å². The van der Waals surface area contributed by atoms with Crippen LogP contribution in [0.1, 0.15) is 6.92 Å². The molecule has 0 atom stereocenters. The average molecular weight is 202 g/mol. The van der Waals surface area contributed by atoms with Crippen molar-refractivity contribution in [3.05, 3.63) is 48.8 Å². The largest absolute Gasteiger partial charge is 0.384 e. The maximum absolute atomic E-state index is 5.53. The second-order valence-electron chi connectivity index (χ2n) is 2.77. The van der Waals surface area contributed by atoms with Crippen LogP contribution in [-0.2, 0) is 0 Å². The van der Waals surface area contributed by atoms with E-state index in [0.29, 0.717) is 11.8 Å². The maximum atomic E-state index is 5.53. The summed E-state index contributed by atoms with van der Waals surface area (Å²) in [5.74, 6) is 0.924. The summed E-state index contributed by atoms with van der Waals surface area (Å²) in [6, 6.07) is 1.64. The lowest BCUT2D eigenvalue weighted by atomic mass is 10.3. The van der Waals surface area contributed by atoms with Crippen LogP contribution in [0.4, 0.5) is 11.8 Å². The molecule has 78 valence electrons. The highest BCUT2D eigenvalue weighted by atomic mass is 15.1. The predicted octanol–water partition coefficient (Wildman–Crippen LogP) is 2.12. The van der Waals surface area contributed by atoms with E-state index in [-0.39, 0.29) is 0 Å². The molecule has 0 aliphatic heterocycles. The minimum atomic E-state index is 0.440. The van der Waals surface area contributed by atoms with Gasteiger partial charge in [-0.2, -0.15) is 4.98 Å². The van der Waals surface area contributed by atoms with E-state index in [2.05, 4.69) is 21.9 Å². The first-order valence-corrected chi connectivity index (χ1v) is 4.57. The summed E-state index contributed by atoms with van der Waals surface area (Å²) < 4.78 is 0. The first-order chi connectivity index (χ1) is 7.26. The average Bonchev–Trinajstić information content (AvgIpc) is 2.24. The number of rotatable bonds is 4. The van der Waals surface area contributed by atoms with Gasteiger partial charge in [0, 0.05) is 11.9 Å². The molecule has 0 spiro atoms. The lowest BCUT2D eigenvalue weighted by Gasteiger charge is -2.04. The number of anilines is 2. The molecule has 0 radical (unpaired) electrons. The fraction of sp³-hybridized carbons (Fsp3) is 0.0909. The number of allylic oxidation sites excluding steroid dienone is 4. The minimum Gasteiger partial charge on any atom is -0.384 e. The van der Waals surface area contributed by atoms with Gasteiger partial charge in [-0.25, -0.2) is 4.98 Å². The lowest BCUT2D eigenvalue weighted by Crippen LogP contribution is -2.02. The number of hydrogen-bond donors (Lipinski definition) is 2. The second kappa shape index (κ2) is 5.59. The van der Waals surface area contributed by atoms with E-state index in [9.17, 15) is 0 Å². The summed E-state index contributed by atoms with van der Waals surface area (Å²) in [7, 11) is 0. The minimum absolute atomic E-state index is 0.440. The van der Waals surface area contributed by atoms with Crippen LogP contribution in [0.3, 0.4) is 0 Å². The molecule has 1 rings (SSSR count). The molecule has 3 N–H and O–H groups in total. The van der Waals surface area contributed by atoms with Gasteiger partial charge in [0.1, 0.15) is 5.82 Å². The van der Waals surface area contributed by atoms with Crippen molar-refractivity contribution in [3.63, 3.8) is 0 Å². The Morgan fingerprint density at radius 3 is 3.00 bits per heavy atom. The fourth-order valence-corrected chi connectivity index (χ4v) is 0.944. The van der Waals surface area contributed by atoms with Crippen molar-refractivity contribution in [2.45, 2.75) is 6.92 Å². The molecule has 0 aromatic carbocycles. The Kier molecular flexibility index (Phi) is 4.09. The van der Waals surface area contributed by atoms with Crippen LogP contribution < -0.4 is 11.1 Å². The molecule has 0 unspecified atom stereocenters. The Morgan fingerprint density at radius 2 is 2.40 bits per heavy atom. The molecular weight excluding hydrogens is 188 g/mol. The summed E-state index contributed by atoms with van der Waals surface area (Å²) in [6.07, 6.45) is 8.92. The van der Waals surface area contributed by atoms with Gasteiger partial charge in [-0.1, -0.05) is 24.8 Å². The van der Waals surface area contributed by atoms with Gasteiger partial charge in [0.25, 0.3) is 0 Å². The first kappa shape index (κ1) is 11.0. The van der Waals surface area contributed by atoms with Gasteiger partial charge in [0.15, 0.2) is 0 Å². The van der Waals surface area contributed by atoms with Crippen molar-refractivity contribution in [1.29, 1.82) is 0 Å². The molecule has 15 heavy (non-hydrogen) atoms. The molecule has 0 saturated carbocycles. The molecule has 4 heteroatoms. The van der Waals surface area contributed by atoms with Crippen molar-refractivity contribution in [1.82, 2.24) is 9.97 Å². The van der Waals surface area contributed by atoms with Crippen LogP contribution in [0.2, 0.25) is 0 Å². The van der Waals surface area contributed by atoms with Crippen molar-refractivity contribution >= 4 is 11.8 Å². The maximum Gasteiger partial charge on any atom is 0.229 e. The summed E-state index contributed by atoms with van der Waals surface area (Å²) in [6.45, 7) is 5.51. The zero-order chi connectivity index (χ0) is 11.1. The van der Waals surface area contributed by atoms with Crippen LogP contribution in [0.5, 0.6) is 0 Å². The number of hydrogen-bond acceptors (Lipinski definition) is 4. The van der Waals surface area contributed by atoms with E-state index in [1.807, 2.05) is 25.2 Å². The van der Waals surface area contributed by atoms with E-state index in [1.165, 1.54) is 0 Å². The normalized spacial score (nSPS) is 11.7. The van der Waals surface area contributed by atoms with Crippen molar-refractivity contribution in [3.8, 4) is 0 Å². The van der Waals surface area contributed by atoms with Gasteiger partial charge in [-0.3, -0.25) is 0 Å². The number of aromatic nitrogens is 2. The summed E-state index contributed by atoms with van der Waals surface area (Å²) in [4.78, 5) is 8.06. The molecule has 0 fully saturated rings. The standard InChI is InChI=1S/C11H14N4/c1-3-5-6-9(4-2)14-11-13-8-7-10(12)15-11/h3-8H,1H2,2H3,(H3,12,13,14,15)/b6-5-,9-4+. The highest BCUT2D eigenvalue weighted by Crippen LogP contribution is 2.06. The lowest BCUT2D eigenvalue weighted by molar-refractivity contribution is 1.16. The van der Waals surface area contributed by atoms with Gasteiger partial charge in [0.2, 0.25) is 5.95 Å². The van der Waals surface area contributed by atoms with Crippen LogP contribution in [0, 0.1) is 0 Å². The van der Waals surface area contributed by atoms with Gasteiger partial charge >= 0.3 is 0 Å². The molecule has 0 saturated heterocycles. The van der Waals surface area contributed by atoms with Gasteiger partial charge in [-0.05, 0) is 19.1 Å². The molecule has 1 heterocycles. The number of nitrogen functional groups attached to an aromatic ring is 1. The topological polar surface area (TPSA) is 63.8 Å². The van der Waals surface area contributed by atoms with E-state index in [4.69, 9.17) is 5.73 Å². The van der Waals surface area contributed by atoms with Crippen LogP contribution in [-0.4, -0.2) is 9.97 Å². The number of nitrogens with two attached hydrogens (primary N) is 1. The highest BCUT2D eigenvalue weighted by molar-refractivity contribution is 5.43. The Balaban J connectivity index is 2.76. The van der Waals surface area contributed by atoms with Crippen LogP contribution in [0.25, 0.3) is 0 Å². The molecule has 1 aromatic heterocycles. The van der Waals surface area contributed by atoms with E-state index >= 15 is 0 Å². The van der Waals surface area contributed by atoms with Crippen molar-refractivity contribution in [2.75, 3.05) is 11.1 Å². The molecule has 1 aromatic rings. The molecular formula is C11H14N4. The van der Waals surface area contributed by atoms with Gasteiger partial charge < -0.3 is 11.1 Å². The Bertz CT molecular complexity index is 393. The van der Waals surface area contributed by atoms with Gasteiger partial charge in [-0.15, -0.1) is 0 Å². The van der Waals surface area contributed by atoms with Crippen molar-refractivity contribution in [2.24, 2.45) is 0 Å². The Hall–Kier alpha value is -2.10. The Morgan fingerprint density at radius 1 is 1.60 bits per heavy atom. The van der Waals surface area contributed by atoms with E-state index in [1.54, 1.807) is 18.3 Å². The van der Waals surface area contributed by atoms with Crippen molar-refractivity contribution < 1.29 is 0 Å². The zero-order valence-corrected chi connectivity index (χ0v) is 8.64. The second-order valence-corrected chi connectivity index (χ2v) is 2.77. The molecule has 4 nitrogen and oxygen atoms in total.